The van der Waals surface area contributed by atoms with E-state index in [0.29, 0.717) is 6.32 Å². The van der Waals surface area contributed by atoms with Crippen molar-refractivity contribution in [2.75, 3.05) is 0 Å². The second-order valence-electron chi connectivity index (χ2n) is 0.638. The van der Waals surface area contributed by atoms with Gasteiger partial charge in [0.05, 0.1) is 18.1 Å². The normalized spacial score (nSPS) is 9.80. The Hall–Kier alpha value is 0.0218. The first-order chi connectivity index (χ1) is 2.41. The fourth-order valence-electron chi connectivity index (χ4n) is 0.0680. The lowest BCUT2D eigenvalue weighted by Gasteiger charge is -1.64. The maximum Gasteiger partial charge on any atom is 0.0708 e. The van der Waals surface area contributed by atoms with Crippen molar-refractivity contribution in [2.45, 2.75) is 6.32 Å². The van der Waals surface area contributed by atoms with E-state index in [0.717, 1.165) is 0 Å². The molecule has 0 aromatic carbocycles. The number of hydrogen-bond acceptors (Lipinski definition) is 0. The molecule has 0 spiro atoms. The molecule has 0 rings (SSSR count). The van der Waals surface area contributed by atoms with Crippen LogP contribution in [0.4, 0.5) is 0 Å². The molecule has 0 bridgehead atoms. The van der Waals surface area contributed by atoms with Crippen LogP contribution in [0.3, 0.4) is 0 Å². The summed E-state index contributed by atoms with van der Waals surface area (Å²) in [6.45, 7) is 0. The lowest BCUT2D eigenvalue weighted by atomic mass is 10.1. The van der Waals surface area contributed by atoms with Gasteiger partial charge in [0.1, 0.15) is 0 Å². The van der Waals surface area contributed by atoms with E-state index in [1.165, 1.54) is 0 Å². The zero-order valence-corrected chi connectivity index (χ0v) is 3.94. The molecule has 2 heteroatoms. The van der Waals surface area contributed by atoms with Gasteiger partial charge in [-0.15, -0.1) is 11.8 Å². The molecular weight excluding hydrogens is 74.9 g/mol. The van der Waals surface area contributed by atoms with Crippen molar-refractivity contribution in [3.8, 4) is 0 Å². The third kappa shape index (κ3) is 4.02. The van der Waals surface area contributed by atoms with Crippen LogP contribution in [0.25, 0.3) is 0 Å². The maximum absolute atomic E-state index is 5.02. The summed E-state index contributed by atoms with van der Waals surface area (Å²) in [6, 6.07) is 0. The average Bonchev–Trinajstić information content (AvgIpc) is 1.41. The van der Waals surface area contributed by atoms with Crippen LogP contribution in [-0.2, 0) is 0 Å². The molecule has 0 fully saturated rings. The van der Waals surface area contributed by atoms with Crippen molar-refractivity contribution < 1.29 is 0 Å². The summed E-state index contributed by atoms with van der Waals surface area (Å²) in [5.74, 6) is 0. The molecule has 0 heterocycles. The Kier molecular flexibility index (Phi) is 4.04. The SMILES string of the molecule is [B]CC=C[Si]. The first-order valence-electron chi connectivity index (χ1n) is 1.44. The van der Waals surface area contributed by atoms with E-state index in [1.807, 2.05) is 6.08 Å². The largest absolute Gasteiger partial charge is 0.107 e. The summed E-state index contributed by atoms with van der Waals surface area (Å²) in [6.07, 6.45) is 2.43. The van der Waals surface area contributed by atoms with Gasteiger partial charge in [0.25, 0.3) is 0 Å². The third-order valence-corrected chi connectivity index (χ3v) is 0.490. The summed E-state index contributed by atoms with van der Waals surface area (Å²) >= 11 is 0. The molecule has 0 unspecified atom stereocenters. The molecule has 0 saturated heterocycles. The van der Waals surface area contributed by atoms with Gasteiger partial charge in [-0.2, -0.15) is 0 Å². The van der Waals surface area contributed by atoms with E-state index >= 15 is 0 Å². The molecule has 0 aromatic heterocycles. The highest BCUT2D eigenvalue weighted by Crippen LogP contribution is 1.67. The Bertz CT molecular complexity index is 33.9. The van der Waals surface area contributed by atoms with Gasteiger partial charge in [-0.1, -0.05) is 6.32 Å². The van der Waals surface area contributed by atoms with E-state index in [2.05, 4.69) is 10.2 Å². The van der Waals surface area contributed by atoms with Gasteiger partial charge in [0, 0.05) is 0 Å². The van der Waals surface area contributed by atoms with Gasteiger partial charge in [0.2, 0.25) is 0 Å². The van der Waals surface area contributed by atoms with Crippen LogP contribution in [0.1, 0.15) is 0 Å². The van der Waals surface area contributed by atoms with Crippen LogP contribution in [0.15, 0.2) is 11.8 Å². The van der Waals surface area contributed by atoms with Gasteiger partial charge < -0.3 is 0 Å². The van der Waals surface area contributed by atoms with Crippen molar-refractivity contribution in [1.82, 2.24) is 0 Å². The van der Waals surface area contributed by atoms with Gasteiger partial charge in [-0.05, 0) is 0 Å². The van der Waals surface area contributed by atoms with Crippen molar-refractivity contribution >= 4 is 18.1 Å². The topological polar surface area (TPSA) is 0 Å². The number of rotatable bonds is 1. The molecule has 0 aliphatic rings. The van der Waals surface area contributed by atoms with Crippen molar-refractivity contribution in [3.63, 3.8) is 0 Å². The van der Waals surface area contributed by atoms with E-state index in [-0.39, 0.29) is 0 Å². The van der Waals surface area contributed by atoms with Crippen molar-refractivity contribution in [3.05, 3.63) is 11.8 Å². The minimum atomic E-state index is 0.615. The molecule has 0 saturated carbocycles. The molecule has 0 aliphatic carbocycles. The van der Waals surface area contributed by atoms with Crippen LogP contribution < -0.4 is 0 Å². The van der Waals surface area contributed by atoms with Gasteiger partial charge >= 0.3 is 0 Å². The molecule has 5 heavy (non-hydrogen) atoms. The minimum Gasteiger partial charge on any atom is -0.107 e. The average molecular weight is 79.0 g/mol. The Balaban J connectivity index is 2.62. The predicted octanol–water partition coefficient (Wildman–Crippen LogP) is 0.255. The first-order valence-corrected chi connectivity index (χ1v) is 2.02. The second kappa shape index (κ2) is 4.02. The fraction of sp³-hybridized carbons (Fsp3) is 0.333. The molecule has 0 N–H and O–H groups in total. The van der Waals surface area contributed by atoms with Crippen molar-refractivity contribution in [1.29, 1.82) is 0 Å². The van der Waals surface area contributed by atoms with E-state index in [1.54, 1.807) is 5.70 Å². The van der Waals surface area contributed by atoms with E-state index in [9.17, 15) is 0 Å². The monoisotopic (exact) mass is 79.0 g/mol. The van der Waals surface area contributed by atoms with Crippen LogP contribution in [0.5, 0.6) is 0 Å². The highest BCUT2D eigenvalue weighted by Gasteiger charge is 1.53. The van der Waals surface area contributed by atoms with Crippen LogP contribution in [-0.4, -0.2) is 18.1 Å². The Morgan fingerprint density at radius 3 is 2.40 bits per heavy atom. The van der Waals surface area contributed by atoms with E-state index < -0.39 is 0 Å². The summed E-state index contributed by atoms with van der Waals surface area (Å²) in [4.78, 5) is 0. The first kappa shape index (κ1) is 5.02. The Labute approximate surface area is 37.1 Å². The van der Waals surface area contributed by atoms with Gasteiger partial charge in [-0.25, -0.2) is 0 Å². The molecule has 0 atom stereocenters. The molecular formula is C3H4BSi. The Morgan fingerprint density at radius 2 is 2.40 bits per heavy atom. The summed E-state index contributed by atoms with van der Waals surface area (Å²) < 4.78 is 0. The minimum absolute atomic E-state index is 0.615. The fourth-order valence-corrected chi connectivity index (χ4v) is 0.204. The molecule has 5 radical (unpaired) electrons. The molecule has 0 aliphatic heterocycles. The van der Waals surface area contributed by atoms with Gasteiger partial charge in [-0.3, -0.25) is 0 Å². The lowest BCUT2D eigenvalue weighted by molar-refractivity contribution is 1.75. The zero-order valence-electron chi connectivity index (χ0n) is 2.94. The van der Waals surface area contributed by atoms with Gasteiger partial charge in [0.15, 0.2) is 0 Å². The molecule has 0 aromatic rings. The smallest absolute Gasteiger partial charge is 0.0708 e. The maximum atomic E-state index is 5.02. The van der Waals surface area contributed by atoms with Crippen LogP contribution >= 0.6 is 0 Å². The standard InChI is InChI=1S/C3H4BSi/c4-2-1-3-5/h1,3H,2H2. The van der Waals surface area contributed by atoms with Crippen LogP contribution in [0.2, 0.25) is 6.32 Å². The zero-order chi connectivity index (χ0) is 4.12. The molecule has 0 amide bonds. The van der Waals surface area contributed by atoms with Crippen molar-refractivity contribution in [2.24, 2.45) is 0 Å². The van der Waals surface area contributed by atoms with E-state index in [4.69, 9.17) is 7.85 Å². The third-order valence-electron chi connectivity index (χ3n) is 0.254. The predicted molar refractivity (Wildman–Crippen MR) is 25.5 cm³/mol. The summed E-state index contributed by atoms with van der Waals surface area (Å²) in [5, 5.41) is 0. The molecule has 23 valence electrons. The Morgan fingerprint density at radius 1 is 1.80 bits per heavy atom. The molecule has 0 nitrogen and oxygen atoms in total. The lowest BCUT2D eigenvalue weighted by Crippen LogP contribution is -1.55. The summed E-state index contributed by atoms with van der Waals surface area (Å²) in [5.41, 5.74) is 1.74. The highest BCUT2D eigenvalue weighted by molar-refractivity contribution is 6.18. The number of allylic oxidation sites excluding steroid dienone is 1. The highest BCUT2D eigenvalue weighted by atomic mass is 28.1. The summed E-state index contributed by atoms with van der Waals surface area (Å²) in [7, 11) is 8.11. The quantitative estimate of drug-likeness (QED) is 0.395. The second-order valence-corrected chi connectivity index (χ2v) is 0.971. The van der Waals surface area contributed by atoms with Crippen LogP contribution in [0, 0.1) is 0 Å². The number of hydrogen-bond donors (Lipinski definition) is 0.